The molecule has 2 rings (SSSR count). The molecule has 6 nitrogen and oxygen atoms in total. The fourth-order valence-corrected chi connectivity index (χ4v) is 3.36. The van der Waals surface area contributed by atoms with Gasteiger partial charge in [0.05, 0.1) is 25.3 Å². The standard InChI is InChI=1S/C19H21F4NO5/c1-3-29-17(26)10-16(25)11-6-7-24(18(27)28-2)15(8-11)13-5-4-12(9-14(13)20)19(21,22)23/h4-5,9,11,15H,3,6-8,10H2,1-2H3/t11-,15+/m0/s1. The van der Waals surface area contributed by atoms with Gasteiger partial charge in [-0.25, -0.2) is 9.18 Å². The number of carbonyl (C=O) groups is 3. The second kappa shape index (κ2) is 9.23. The van der Waals surface area contributed by atoms with Gasteiger partial charge in [0, 0.05) is 18.0 Å². The van der Waals surface area contributed by atoms with E-state index < -0.39 is 53.8 Å². The summed E-state index contributed by atoms with van der Waals surface area (Å²) in [6.45, 7) is 1.74. The molecule has 10 heteroatoms. The maximum absolute atomic E-state index is 14.5. The summed E-state index contributed by atoms with van der Waals surface area (Å²) in [5.41, 5.74) is -1.31. The van der Waals surface area contributed by atoms with Crippen molar-refractivity contribution in [2.24, 2.45) is 5.92 Å². The first-order valence-corrected chi connectivity index (χ1v) is 8.98. The number of rotatable bonds is 5. The number of esters is 1. The van der Waals surface area contributed by atoms with Gasteiger partial charge in [0.1, 0.15) is 18.0 Å². The van der Waals surface area contributed by atoms with Crippen molar-refractivity contribution >= 4 is 17.8 Å². The highest BCUT2D eigenvalue weighted by Gasteiger charge is 2.39. The Morgan fingerprint density at radius 3 is 2.48 bits per heavy atom. The number of hydrogen-bond acceptors (Lipinski definition) is 5. The van der Waals surface area contributed by atoms with E-state index >= 15 is 0 Å². The number of carbonyl (C=O) groups excluding carboxylic acids is 3. The number of benzene rings is 1. The van der Waals surface area contributed by atoms with E-state index in [1.807, 2.05) is 0 Å². The molecule has 0 saturated carbocycles. The summed E-state index contributed by atoms with van der Waals surface area (Å²) in [6, 6.07) is 1.03. The van der Waals surface area contributed by atoms with E-state index in [9.17, 15) is 31.9 Å². The van der Waals surface area contributed by atoms with Crippen LogP contribution in [0, 0.1) is 11.7 Å². The normalized spacial score (nSPS) is 19.6. The van der Waals surface area contributed by atoms with Gasteiger partial charge in [-0.15, -0.1) is 0 Å². The molecule has 1 aliphatic rings. The van der Waals surface area contributed by atoms with Crippen LogP contribution in [0.2, 0.25) is 0 Å². The van der Waals surface area contributed by atoms with Crippen molar-refractivity contribution in [2.75, 3.05) is 20.3 Å². The van der Waals surface area contributed by atoms with Crippen LogP contribution in [0.1, 0.15) is 43.4 Å². The fraction of sp³-hybridized carbons (Fsp3) is 0.526. The molecule has 29 heavy (non-hydrogen) atoms. The summed E-state index contributed by atoms with van der Waals surface area (Å²) < 4.78 is 62.4. The zero-order valence-corrected chi connectivity index (χ0v) is 15.9. The molecule has 0 aromatic heterocycles. The summed E-state index contributed by atoms with van der Waals surface area (Å²) in [5, 5.41) is 0. The van der Waals surface area contributed by atoms with Crippen molar-refractivity contribution in [3.8, 4) is 0 Å². The van der Waals surface area contributed by atoms with Gasteiger partial charge >= 0.3 is 18.2 Å². The largest absolute Gasteiger partial charge is 0.466 e. The molecule has 0 aliphatic carbocycles. The average Bonchev–Trinajstić information content (AvgIpc) is 2.66. The molecule has 0 N–H and O–H groups in total. The minimum Gasteiger partial charge on any atom is -0.466 e. The van der Waals surface area contributed by atoms with Crippen LogP contribution < -0.4 is 0 Å². The molecule has 0 bridgehead atoms. The Balaban J connectivity index is 2.30. The third-order valence-electron chi connectivity index (χ3n) is 4.78. The van der Waals surface area contributed by atoms with E-state index in [4.69, 9.17) is 4.74 Å². The van der Waals surface area contributed by atoms with Gasteiger partial charge in [0.15, 0.2) is 0 Å². The Hall–Kier alpha value is -2.65. The summed E-state index contributed by atoms with van der Waals surface area (Å²) in [7, 11) is 1.13. The number of ketones is 1. The molecule has 2 atom stereocenters. The molecular weight excluding hydrogens is 398 g/mol. The van der Waals surface area contributed by atoms with Crippen LogP contribution in [0.25, 0.3) is 0 Å². The van der Waals surface area contributed by atoms with Crippen LogP contribution >= 0.6 is 0 Å². The molecule has 1 saturated heterocycles. The van der Waals surface area contributed by atoms with Gasteiger partial charge < -0.3 is 14.4 Å². The molecule has 160 valence electrons. The zero-order chi connectivity index (χ0) is 21.8. The van der Waals surface area contributed by atoms with Crippen molar-refractivity contribution in [1.29, 1.82) is 0 Å². The highest BCUT2D eigenvalue weighted by Crippen LogP contribution is 2.38. The second-order valence-corrected chi connectivity index (χ2v) is 6.58. The van der Waals surface area contributed by atoms with Gasteiger partial charge in [-0.2, -0.15) is 13.2 Å². The third kappa shape index (κ3) is 5.45. The number of alkyl halides is 3. The van der Waals surface area contributed by atoms with Crippen LogP contribution in [0.3, 0.4) is 0 Å². The number of piperidine rings is 1. The maximum Gasteiger partial charge on any atom is 0.416 e. The molecular formula is C19H21F4NO5. The molecule has 1 aromatic rings. The van der Waals surface area contributed by atoms with E-state index in [1.54, 1.807) is 6.92 Å². The van der Waals surface area contributed by atoms with Crippen LogP contribution in [0.5, 0.6) is 0 Å². The van der Waals surface area contributed by atoms with E-state index in [0.29, 0.717) is 6.07 Å². The van der Waals surface area contributed by atoms with Crippen molar-refractivity contribution in [2.45, 2.75) is 38.4 Å². The Morgan fingerprint density at radius 1 is 1.24 bits per heavy atom. The van der Waals surface area contributed by atoms with Crippen LogP contribution in [-0.4, -0.2) is 43.0 Å². The number of ether oxygens (including phenoxy) is 2. The molecule has 0 spiro atoms. The Bertz CT molecular complexity index is 780. The van der Waals surface area contributed by atoms with E-state index in [2.05, 4.69) is 4.74 Å². The van der Waals surface area contributed by atoms with Gasteiger partial charge in [-0.05, 0) is 31.9 Å². The fourth-order valence-electron chi connectivity index (χ4n) is 3.36. The van der Waals surface area contributed by atoms with Crippen molar-refractivity contribution in [3.63, 3.8) is 0 Å². The smallest absolute Gasteiger partial charge is 0.416 e. The Morgan fingerprint density at radius 2 is 1.93 bits per heavy atom. The number of nitrogens with zero attached hydrogens (tertiary/aromatic N) is 1. The summed E-state index contributed by atoms with van der Waals surface area (Å²) in [4.78, 5) is 37.2. The first kappa shape index (κ1) is 22.6. The van der Waals surface area contributed by atoms with E-state index in [1.165, 1.54) is 4.90 Å². The molecule has 1 amide bonds. The van der Waals surface area contributed by atoms with Gasteiger partial charge in [0.25, 0.3) is 0 Å². The summed E-state index contributed by atoms with van der Waals surface area (Å²) in [5.74, 6) is -2.93. The number of amides is 1. The van der Waals surface area contributed by atoms with Crippen LogP contribution in [0.4, 0.5) is 22.4 Å². The predicted octanol–water partition coefficient (Wildman–Crippen LogP) is 3.89. The number of hydrogen-bond donors (Lipinski definition) is 0. The quantitative estimate of drug-likeness (QED) is 0.411. The Labute approximate surface area is 164 Å². The summed E-state index contributed by atoms with van der Waals surface area (Å²) >= 11 is 0. The van der Waals surface area contributed by atoms with E-state index in [0.717, 1.165) is 19.2 Å². The lowest BCUT2D eigenvalue weighted by molar-refractivity contribution is -0.146. The molecule has 0 unspecified atom stereocenters. The minimum absolute atomic E-state index is 0.0248. The topological polar surface area (TPSA) is 72.9 Å². The number of methoxy groups -OCH3 is 1. The first-order chi connectivity index (χ1) is 13.6. The third-order valence-corrected chi connectivity index (χ3v) is 4.78. The number of likely N-dealkylation sites (tertiary alicyclic amines) is 1. The van der Waals surface area contributed by atoms with E-state index in [-0.39, 0.29) is 31.6 Å². The van der Waals surface area contributed by atoms with Crippen molar-refractivity contribution in [3.05, 3.63) is 35.1 Å². The molecule has 0 radical (unpaired) electrons. The first-order valence-electron chi connectivity index (χ1n) is 8.98. The average molecular weight is 419 g/mol. The zero-order valence-electron chi connectivity index (χ0n) is 15.9. The van der Waals surface area contributed by atoms with Crippen LogP contribution in [0.15, 0.2) is 18.2 Å². The highest BCUT2D eigenvalue weighted by atomic mass is 19.4. The molecule has 1 aromatic carbocycles. The maximum atomic E-state index is 14.5. The predicted molar refractivity (Wildman–Crippen MR) is 92.2 cm³/mol. The monoisotopic (exact) mass is 419 g/mol. The van der Waals surface area contributed by atoms with Gasteiger partial charge in [-0.1, -0.05) is 6.07 Å². The lowest BCUT2D eigenvalue weighted by Gasteiger charge is -2.38. The Kier molecular flexibility index (Phi) is 7.21. The van der Waals surface area contributed by atoms with Crippen LogP contribution in [-0.2, 0) is 25.2 Å². The van der Waals surface area contributed by atoms with Crippen molar-refractivity contribution in [1.82, 2.24) is 4.90 Å². The molecule has 1 aliphatic heterocycles. The number of halogens is 4. The second-order valence-electron chi connectivity index (χ2n) is 6.58. The summed E-state index contributed by atoms with van der Waals surface area (Å²) in [6.07, 6.45) is -5.79. The number of Topliss-reactive ketones (excluding diaryl/α,β-unsaturated/α-hetero) is 1. The SMILES string of the molecule is CCOC(=O)CC(=O)[C@H]1CCN(C(=O)OC)[C@@H](c2ccc(C(F)(F)F)cc2F)C1. The van der Waals surface area contributed by atoms with Crippen molar-refractivity contribution < 1.29 is 41.4 Å². The molecule has 1 fully saturated rings. The lowest BCUT2D eigenvalue weighted by Crippen LogP contribution is -2.43. The highest BCUT2D eigenvalue weighted by molar-refractivity contribution is 5.97. The lowest BCUT2D eigenvalue weighted by atomic mass is 9.83. The van der Waals surface area contributed by atoms with Gasteiger partial charge in [-0.3, -0.25) is 9.59 Å². The minimum atomic E-state index is -4.72. The molecule has 1 heterocycles. The van der Waals surface area contributed by atoms with Gasteiger partial charge in [0.2, 0.25) is 0 Å².